The van der Waals surface area contributed by atoms with E-state index >= 15 is 0 Å². The molecule has 0 heterocycles. The van der Waals surface area contributed by atoms with E-state index in [1.807, 2.05) is 0 Å². The molecule has 0 aliphatic rings. The Morgan fingerprint density at radius 2 is 1.69 bits per heavy atom. The number of methoxy groups -OCH3 is 2. The van der Waals surface area contributed by atoms with Gasteiger partial charge in [-0.05, 0) is 48.4 Å². The second-order valence-electron chi connectivity index (χ2n) is 5.94. The summed E-state index contributed by atoms with van der Waals surface area (Å²) in [6.07, 6.45) is 2.23. The number of benzene rings is 2. The molecular weight excluding hydrogens is 417 g/mol. The normalized spacial score (nSPS) is 10.6. The molecule has 2 aromatic rings. The lowest BCUT2D eigenvalue weighted by atomic mass is 10.2. The van der Waals surface area contributed by atoms with Crippen LogP contribution in [-0.2, 0) is 9.59 Å². The average Bonchev–Trinajstić information content (AvgIpc) is 2.70. The van der Waals surface area contributed by atoms with Gasteiger partial charge in [-0.25, -0.2) is 5.43 Å². The van der Waals surface area contributed by atoms with Crippen LogP contribution >= 0.6 is 23.2 Å². The summed E-state index contributed by atoms with van der Waals surface area (Å²) in [7, 11) is 3.09. The van der Waals surface area contributed by atoms with E-state index < -0.39 is 0 Å². The molecule has 0 radical (unpaired) electrons. The highest BCUT2D eigenvalue weighted by Gasteiger charge is 2.07. The smallest absolute Gasteiger partial charge is 0.240 e. The van der Waals surface area contributed by atoms with Crippen LogP contribution in [0.4, 0.5) is 5.69 Å². The Labute approximate surface area is 179 Å². The second-order valence-corrected chi connectivity index (χ2v) is 6.75. The Bertz CT molecular complexity index is 903. The summed E-state index contributed by atoms with van der Waals surface area (Å²) in [5, 5.41) is 7.38. The van der Waals surface area contributed by atoms with E-state index in [4.69, 9.17) is 32.7 Å². The van der Waals surface area contributed by atoms with Gasteiger partial charge < -0.3 is 14.8 Å². The van der Waals surface area contributed by atoms with Crippen molar-refractivity contribution in [2.45, 2.75) is 19.3 Å². The molecule has 0 unspecified atom stereocenters. The van der Waals surface area contributed by atoms with Crippen molar-refractivity contribution in [1.82, 2.24) is 5.43 Å². The molecule has 29 heavy (non-hydrogen) atoms. The molecular formula is C20H21Cl2N3O4. The Balaban J connectivity index is 1.73. The van der Waals surface area contributed by atoms with Crippen molar-refractivity contribution in [3.05, 3.63) is 52.0 Å². The van der Waals surface area contributed by atoms with Gasteiger partial charge in [-0.15, -0.1) is 0 Å². The van der Waals surface area contributed by atoms with Gasteiger partial charge in [0.25, 0.3) is 0 Å². The van der Waals surface area contributed by atoms with Crippen LogP contribution in [0.15, 0.2) is 41.5 Å². The lowest BCUT2D eigenvalue weighted by molar-refractivity contribution is -0.121. The molecule has 0 aliphatic carbocycles. The number of ether oxygens (including phenoxy) is 2. The van der Waals surface area contributed by atoms with Gasteiger partial charge in [-0.3, -0.25) is 9.59 Å². The van der Waals surface area contributed by atoms with E-state index in [1.54, 1.807) is 43.5 Å². The third-order valence-electron chi connectivity index (χ3n) is 3.82. The number of carbonyl (C=O) groups excluding carboxylic acids is 2. The number of hydrazone groups is 1. The Morgan fingerprint density at radius 3 is 2.38 bits per heavy atom. The molecule has 7 nitrogen and oxygen atoms in total. The molecule has 0 aliphatic heterocycles. The molecule has 0 fully saturated rings. The predicted molar refractivity (Wildman–Crippen MR) is 114 cm³/mol. The molecule has 9 heteroatoms. The number of rotatable bonds is 9. The van der Waals surface area contributed by atoms with Crippen LogP contribution in [0.25, 0.3) is 0 Å². The summed E-state index contributed by atoms with van der Waals surface area (Å²) in [5.74, 6) is 0.665. The lowest BCUT2D eigenvalue weighted by Gasteiger charge is -2.07. The van der Waals surface area contributed by atoms with Crippen LogP contribution in [0.1, 0.15) is 24.8 Å². The predicted octanol–water partition coefficient (Wildman–Crippen LogP) is 4.27. The van der Waals surface area contributed by atoms with Gasteiger partial charge in [0.05, 0.1) is 30.5 Å². The van der Waals surface area contributed by atoms with Crippen LogP contribution in [0.3, 0.4) is 0 Å². The Morgan fingerprint density at radius 1 is 0.966 bits per heavy atom. The molecule has 0 atom stereocenters. The van der Waals surface area contributed by atoms with Crippen molar-refractivity contribution in [3.8, 4) is 11.5 Å². The maximum atomic E-state index is 11.9. The minimum absolute atomic E-state index is 0.165. The molecule has 2 amide bonds. The van der Waals surface area contributed by atoms with Gasteiger partial charge in [0, 0.05) is 18.5 Å². The number of hydrogen-bond acceptors (Lipinski definition) is 5. The number of nitrogens with one attached hydrogen (secondary N) is 2. The van der Waals surface area contributed by atoms with Crippen molar-refractivity contribution in [2.24, 2.45) is 5.10 Å². The van der Waals surface area contributed by atoms with Gasteiger partial charge in [0.2, 0.25) is 11.8 Å². The summed E-state index contributed by atoms with van der Waals surface area (Å²) in [5.41, 5.74) is 3.72. The number of carbonyl (C=O) groups is 2. The zero-order valence-corrected chi connectivity index (χ0v) is 17.5. The fourth-order valence-electron chi connectivity index (χ4n) is 2.37. The van der Waals surface area contributed by atoms with Crippen LogP contribution in [0.5, 0.6) is 11.5 Å². The molecule has 0 aromatic heterocycles. The van der Waals surface area contributed by atoms with Crippen molar-refractivity contribution in [2.75, 3.05) is 19.5 Å². The van der Waals surface area contributed by atoms with E-state index in [9.17, 15) is 9.59 Å². The Kier molecular flexibility index (Phi) is 8.76. The van der Waals surface area contributed by atoms with Crippen LogP contribution in [0.2, 0.25) is 10.0 Å². The third kappa shape index (κ3) is 7.29. The monoisotopic (exact) mass is 437 g/mol. The maximum Gasteiger partial charge on any atom is 0.240 e. The van der Waals surface area contributed by atoms with Crippen molar-refractivity contribution in [3.63, 3.8) is 0 Å². The first kappa shape index (κ1) is 22.5. The fraction of sp³-hybridized carbons (Fsp3) is 0.250. The van der Waals surface area contributed by atoms with Crippen molar-refractivity contribution >= 4 is 46.9 Å². The zero-order valence-electron chi connectivity index (χ0n) is 16.0. The van der Waals surface area contributed by atoms with Gasteiger partial charge in [-0.1, -0.05) is 23.2 Å². The lowest BCUT2D eigenvalue weighted by Crippen LogP contribution is -2.18. The molecule has 0 bridgehead atoms. The van der Waals surface area contributed by atoms with Crippen LogP contribution in [0, 0.1) is 0 Å². The zero-order chi connectivity index (χ0) is 21.2. The van der Waals surface area contributed by atoms with E-state index in [2.05, 4.69) is 15.8 Å². The highest BCUT2D eigenvalue weighted by Crippen LogP contribution is 2.27. The third-order valence-corrected chi connectivity index (χ3v) is 4.56. The number of nitrogens with zero attached hydrogens (tertiary/aromatic N) is 1. The fourth-order valence-corrected chi connectivity index (χ4v) is 2.67. The van der Waals surface area contributed by atoms with E-state index in [-0.39, 0.29) is 24.7 Å². The van der Waals surface area contributed by atoms with Crippen LogP contribution in [-0.4, -0.2) is 32.2 Å². The number of halogens is 2. The minimum atomic E-state index is -0.288. The van der Waals surface area contributed by atoms with Crippen LogP contribution < -0.4 is 20.2 Å². The van der Waals surface area contributed by atoms with Gasteiger partial charge in [-0.2, -0.15) is 5.10 Å². The van der Waals surface area contributed by atoms with Crippen molar-refractivity contribution < 1.29 is 19.1 Å². The average molecular weight is 438 g/mol. The summed E-state index contributed by atoms with van der Waals surface area (Å²) in [6, 6.07) is 10.1. The number of anilines is 1. The summed E-state index contributed by atoms with van der Waals surface area (Å²) < 4.78 is 10.4. The first-order valence-electron chi connectivity index (χ1n) is 8.71. The topological polar surface area (TPSA) is 89.0 Å². The first-order chi connectivity index (χ1) is 13.9. The highest BCUT2D eigenvalue weighted by molar-refractivity contribution is 6.42. The highest BCUT2D eigenvalue weighted by atomic mass is 35.5. The SMILES string of the molecule is COc1ccc(/C=N\NC(=O)CCCC(=O)Nc2ccc(Cl)c(Cl)c2)cc1OC. The molecule has 154 valence electrons. The maximum absolute atomic E-state index is 11.9. The second kappa shape index (κ2) is 11.3. The minimum Gasteiger partial charge on any atom is -0.493 e. The summed E-state index contributed by atoms with van der Waals surface area (Å²) in [6.45, 7) is 0. The molecule has 0 saturated heterocycles. The van der Waals surface area contributed by atoms with Gasteiger partial charge >= 0.3 is 0 Å². The molecule has 0 saturated carbocycles. The molecule has 2 rings (SSSR count). The summed E-state index contributed by atoms with van der Waals surface area (Å²) in [4.78, 5) is 23.8. The first-order valence-corrected chi connectivity index (χ1v) is 9.47. The quantitative estimate of drug-likeness (QED) is 0.452. The molecule has 0 spiro atoms. The van der Waals surface area contributed by atoms with Gasteiger partial charge in [0.15, 0.2) is 11.5 Å². The molecule has 2 aromatic carbocycles. The van der Waals surface area contributed by atoms with E-state index in [0.29, 0.717) is 33.7 Å². The number of hydrogen-bond donors (Lipinski definition) is 2. The van der Waals surface area contributed by atoms with E-state index in [1.165, 1.54) is 13.3 Å². The Hall–Kier alpha value is -2.77. The van der Waals surface area contributed by atoms with Crippen molar-refractivity contribution in [1.29, 1.82) is 0 Å². The van der Waals surface area contributed by atoms with Gasteiger partial charge in [0.1, 0.15) is 0 Å². The largest absolute Gasteiger partial charge is 0.493 e. The summed E-state index contributed by atoms with van der Waals surface area (Å²) >= 11 is 11.7. The molecule has 2 N–H and O–H groups in total. The number of amides is 2. The standard InChI is InChI=1S/C20H21Cl2N3O4/c1-28-17-9-6-13(10-18(17)29-2)12-23-25-20(27)5-3-4-19(26)24-14-7-8-15(21)16(22)11-14/h6-12H,3-5H2,1-2H3,(H,24,26)(H,25,27)/b23-12-. The van der Waals surface area contributed by atoms with E-state index in [0.717, 1.165) is 5.56 Å².